The fourth-order valence-electron chi connectivity index (χ4n) is 2.98. The van der Waals surface area contributed by atoms with Crippen molar-refractivity contribution in [1.82, 2.24) is 4.90 Å². The van der Waals surface area contributed by atoms with Crippen LogP contribution in [0.4, 0.5) is 0 Å². The predicted octanol–water partition coefficient (Wildman–Crippen LogP) is 3.01. The van der Waals surface area contributed by atoms with Gasteiger partial charge in [0.2, 0.25) is 0 Å². The van der Waals surface area contributed by atoms with E-state index in [0.717, 1.165) is 19.6 Å². The highest BCUT2D eigenvalue weighted by molar-refractivity contribution is 5.85. The second kappa shape index (κ2) is 5.32. The Kier molecular flexibility index (Phi) is 3.54. The largest absolute Gasteiger partial charge is 0.326 e. The maximum Gasteiger partial charge on any atom is 0.0240 e. The third-order valence-electron chi connectivity index (χ3n) is 4.37. The normalized spacial score (nSPS) is 24.7. The molecule has 100 valence electrons. The van der Waals surface area contributed by atoms with E-state index in [1.807, 2.05) is 0 Å². The Morgan fingerprint density at radius 2 is 1.95 bits per heavy atom. The van der Waals surface area contributed by atoms with Crippen LogP contribution in [0.25, 0.3) is 10.8 Å². The molecule has 1 heterocycles. The molecule has 0 radical (unpaired) electrons. The minimum atomic E-state index is 0.323. The Morgan fingerprint density at radius 3 is 2.79 bits per heavy atom. The average Bonchev–Trinajstić information content (AvgIpc) is 2.43. The van der Waals surface area contributed by atoms with E-state index >= 15 is 0 Å². The predicted molar refractivity (Wildman–Crippen MR) is 81.0 cm³/mol. The number of hydrogen-bond donors (Lipinski definition) is 1. The zero-order chi connectivity index (χ0) is 13.2. The summed E-state index contributed by atoms with van der Waals surface area (Å²) in [5, 5.41) is 2.70. The number of piperidine rings is 1. The maximum absolute atomic E-state index is 6.19. The standard InChI is InChI=1S/C17H22N2/c1-13-9-10-19(12-17(13)18)11-15-7-4-6-14-5-2-3-8-16(14)15/h2-8,13,17H,9-12,18H2,1H3. The van der Waals surface area contributed by atoms with Gasteiger partial charge in [0.25, 0.3) is 0 Å². The molecule has 0 aromatic heterocycles. The summed E-state index contributed by atoms with van der Waals surface area (Å²) in [7, 11) is 0. The van der Waals surface area contributed by atoms with Gasteiger partial charge in [-0.3, -0.25) is 4.90 Å². The summed E-state index contributed by atoms with van der Waals surface area (Å²) in [5.41, 5.74) is 7.61. The van der Waals surface area contributed by atoms with Crippen molar-refractivity contribution in [2.75, 3.05) is 13.1 Å². The number of likely N-dealkylation sites (tertiary alicyclic amines) is 1. The van der Waals surface area contributed by atoms with E-state index in [0.29, 0.717) is 12.0 Å². The molecule has 2 aromatic rings. The van der Waals surface area contributed by atoms with E-state index in [9.17, 15) is 0 Å². The van der Waals surface area contributed by atoms with Crippen LogP contribution in [0.2, 0.25) is 0 Å². The lowest BCUT2D eigenvalue weighted by Gasteiger charge is -2.35. The van der Waals surface area contributed by atoms with Crippen molar-refractivity contribution >= 4 is 10.8 Å². The van der Waals surface area contributed by atoms with Gasteiger partial charge in [-0.15, -0.1) is 0 Å². The fraction of sp³-hybridized carbons (Fsp3) is 0.412. The number of fused-ring (bicyclic) bond motifs is 1. The van der Waals surface area contributed by atoms with Gasteiger partial charge in [-0.05, 0) is 35.2 Å². The minimum Gasteiger partial charge on any atom is -0.326 e. The van der Waals surface area contributed by atoms with Crippen LogP contribution in [-0.2, 0) is 6.54 Å². The fourth-order valence-corrected chi connectivity index (χ4v) is 2.98. The van der Waals surface area contributed by atoms with Gasteiger partial charge in [-0.2, -0.15) is 0 Å². The third kappa shape index (κ3) is 2.65. The summed E-state index contributed by atoms with van der Waals surface area (Å²) in [5.74, 6) is 0.656. The van der Waals surface area contributed by atoms with Gasteiger partial charge >= 0.3 is 0 Å². The van der Waals surface area contributed by atoms with E-state index in [1.165, 1.54) is 22.8 Å². The van der Waals surface area contributed by atoms with Gasteiger partial charge in [0.1, 0.15) is 0 Å². The molecule has 1 fully saturated rings. The van der Waals surface area contributed by atoms with Crippen LogP contribution >= 0.6 is 0 Å². The Hall–Kier alpha value is -1.38. The van der Waals surface area contributed by atoms with Crippen LogP contribution in [-0.4, -0.2) is 24.0 Å². The third-order valence-corrected chi connectivity index (χ3v) is 4.37. The zero-order valence-electron chi connectivity index (χ0n) is 11.5. The highest BCUT2D eigenvalue weighted by Crippen LogP contribution is 2.22. The highest BCUT2D eigenvalue weighted by atomic mass is 15.1. The minimum absolute atomic E-state index is 0.323. The summed E-state index contributed by atoms with van der Waals surface area (Å²) >= 11 is 0. The topological polar surface area (TPSA) is 29.3 Å². The molecule has 19 heavy (non-hydrogen) atoms. The van der Waals surface area contributed by atoms with Crippen molar-refractivity contribution in [2.45, 2.75) is 25.9 Å². The van der Waals surface area contributed by atoms with Gasteiger partial charge in [-0.1, -0.05) is 49.4 Å². The van der Waals surface area contributed by atoms with Crippen LogP contribution in [0.3, 0.4) is 0 Å². The number of hydrogen-bond acceptors (Lipinski definition) is 2. The molecule has 2 N–H and O–H groups in total. The summed E-state index contributed by atoms with van der Waals surface area (Å²) < 4.78 is 0. The number of nitrogens with zero attached hydrogens (tertiary/aromatic N) is 1. The van der Waals surface area contributed by atoms with Crippen LogP contribution in [0, 0.1) is 5.92 Å². The first-order valence-electron chi connectivity index (χ1n) is 7.18. The molecule has 0 bridgehead atoms. The van der Waals surface area contributed by atoms with Gasteiger partial charge in [0.15, 0.2) is 0 Å². The summed E-state index contributed by atoms with van der Waals surface area (Å²) in [6.07, 6.45) is 1.21. The molecule has 1 saturated heterocycles. The number of benzene rings is 2. The van der Waals surface area contributed by atoms with Gasteiger partial charge in [0.05, 0.1) is 0 Å². The molecular weight excluding hydrogens is 232 g/mol. The Bertz CT molecular complexity index is 559. The smallest absolute Gasteiger partial charge is 0.0240 e. The molecule has 2 heteroatoms. The van der Waals surface area contributed by atoms with E-state index in [1.54, 1.807) is 0 Å². The molecule has 0 spiro atoms. The SMILES string of the molecule is CC1CCN(Cc2cccc3ccccc23)CC1N. The molecule has 2 atom stereocenters. The molecule has 0 aliphatic carbocycles. The monoisotopic (exact) mass is 254 g/mol. The van der Waals surface area contributed by atoms with E-state index in [2.05, 4.69) is 54.3 Å². The molecule has 0 saturated carbocycles. The Balaban J connectivity index is 1.82. The van der Waals surface area contributed by atoms with Crippen molar-refractivity contribution in [3.63, 3.8) is 0 Å². The van der Waals surface area contributed by atoms with E-state index in [-0.39, 0.29) is 0 Å². The maximum atomic E-state index is 6.19. The van der Waals surface area contributed by atoms with E-state index in [4.69, 9.17) is 5.73 Å². The first-order valence-corrected chi connectivity index (χ1v) is 7.18. The van der Waals surface area contributed by atoms with Crippen LogP contribution < -0.4 is 5.73 Å². The molecule has 2 aromatic carbocycles. The molecule has 2 unspecified atom stereocenters. The van der Waals surface area contributed by atoms with E-state index < -0.39 is 0 Å². The van der Waals surface area contributed by atoms with Crippen molar-refractivity contribution in [1.29, 1.82) is 0 Å². The second-order valence-corrected chi connectivity index (χ2v) is 5.80. The number of rotatable bonds is 2. The van der Waals surface area contributed by atoms with Crippen molar-refractivity contribution in [3.05, 3.63) is 48.0 Å². The molecule has 2 nitrogen and oxygen atoms in total. The van der Waals surface area contributed by atoms with Crippen LogP contribution in [0.1, 0.15) is 18.9 Å². The Labute approximate surface area is 115 Å². The summed E-state index contributed by atoms with van der Waals surface area (Å²) in [4.78, 5) is 2.49. The highest BCUT2D eigenvalue weighted by Gasteiger charge is 2.23. The summed E-state index contributed by atoms with van der Waals surface area (Å²) in [6.45, 7) is 5.46. The second-order valence-electron chi connectivity index (χ2n) is 5.80. The van der Waals surface area contributed by atoms with Gasteiger partial charge < -0.3 is 5.73 Å². The van der Waals surface area contributed by atoms with Crippen molar-refractivity contribution in [2.24, 2.45) is 11.7 Å². The quantitative estimate of drug-likeness (QED) is 0.892. The first-order chi connectivity index (χ1) is 9.24. The zero-order valence-corrected chi connectivity index (χ0v) is 11.5. The first kappa shape index (κ1) is 12.6. The van der Waals surface area contributed by atoms with Crippen LogP contribution in [0.15, 0.2) is 42.5 Å². The van der Waals surface area contributed by atoms with Crippen molar-refractivity contribution < 1.29 is 0 Å². The van der Waals surface area contributed by atoms with Crippen molar-refractivity contribution in [3.8, 4) is 0 Å². The lowest BCUT2D eigenvalue weighted by molar-refractivity contribution is 0.162. The lowest BCUT2D eigenvalue weighted by Crippen LogP contribution is -2.47. The van der Waals surface area contributed by atoms with Gasteiger partial charge in [0, 0.05) is 19.1 Å². The molecule has 0 amide bonds. The molecule has 1 aliphatic rings. The lowest BCUT2D eigenvalue weighted by atomic mass is 9.93. The summed E-state index contributed by atoms with van der Waals surface area (Å²) in [6, 6.07) is 15.5. The average molecular weight is 254 g/mol. The van der Waals surface area contributed by atoms with Gasteiger partial charge in [-0.25, -0.2) is 0 Å². The molecule has 1 aliphatic heterocycles. The molecule has 3 rings (SSSR count). The van der Waals surface area contributed by atoms with Crippen LogP contribution in [0.5, 0.6) is 0 Å². The number of nitrogens with two attached hydrogens (primary N) is 1. The molecular formula is C17H22N2. The Morgan fingerprint density at radius 1 is 1.16 bits per heavy atom.